The summed E-state index contributed by atoms with van der Waals surface area (Å²) < 4.78 is 18.6. The fraction of sp³-hybridized carbons (Fsp3) is 0.531. The molecule has 4 saturated heterocycles. The van der Waals surface area contributed by atoms with Crippen molar-refractivity contribution in [3.8, 4) is 0 Å². The molecule has 4 heterocycles. The van der Waals surface area contributed by atoms with E-state index in [9.17, 15) is 9.59 Å². The molecule has 4 aliphatic heterocycles. The van der Waals surface area contributed by atoms with E-state index in [4.69, 9.17) is 24.0 Å². The van der Waals surface area contributed by atoms with Crippen molar-refractivity contribution >= 4 is 23.9 Å². The number of rotatable bonds is 5. The highest BCUT2D eigenvalue weighted by Crippen LogP contribution is 2.60. The van der Waals surface area contributed by atoms with Crippen molar-refractivity contribution in [2.45, 2.75) is 84.3 Å². The third-order valence-corrected chi connectivity index (χ3v) is 9.33. The second-order valence-corrected chi connectivity index (χ2v) is 12.5. The van der Waals surface area contributed by atoms with Crippen LogP contribution in [-0.2, 0) is 24.0 Å². The molecule has 224 valence electrons. The second-order valence-electron chi connectivity index (χ2n) is 12.5. The van der Waals surface area contributed by atoms with Gasteiger partial charge in [0.05, 0.1) is 11.8 Å². The van der Waals surface area contributed by atoms with Crippen LogP contribution < -0.4 is 10.7 Å². The molecule has 0 aromatic heterocycles. The van der Waals surface area contributed by atoms with Gasteiger partial charge in [0.25, 0.3) is 0 Å². The summed E-state index contributed by atoms with van der Waals surface area (Å²) in [6.45, 7) is 10.1. The highest BCUT2D eigenvalue weighted by atomic mass is 17.3. The van der Waals surface area contributed by atoms with Crippen molar-refractivity contribution in [2.24, 2.45) is 28.8 Å². The number of hydrogen-bond donors (Lipinski definition) is 2. The molecule has 2 aromatic carbocycles. The first-order valence-corrected chi connectivity index (χ1v) is 14.8. The summed E-state index contributed by atoms with van der Waals surface area (Å²) in [6.07, 6.45) is 3.69. The van der Waals surface area contributed by atoms with Crippen LogP contribution in [0.5, 0.6) is 0 Å². The second kappa shape index (κ2) is 11.1. The highest BCUT2D eigenvalue weighted by Gasteiger charge is 2.69. The minimum Gasteiger partial charge on any atom is -0.432 e. The Labute approximate surface area is 246 Å². The van der Waals surface area contributed by atoms with E-state index >= 15 is 0 Å². The SMILES string of the molecule is Cc1cc(C)cc(NC(=O)N/N=C/c2ccc(C(=O)O[C@@H]3O[C@@H]4O[C@@]5(C)CC[C@H]6[C@H](C)CC[C@@H]([C@H]3C)[C@@]46OO5)cc2)c1. The fourth-order valence-electron chi connectivity index (χ4n) is 7.26. The fourth-order valence-corrected chi connectivity index (χ4v) is 7.26. The summed E-state index contributed by atoms with van der Waals surface area (Å²) in [5.41, 5.74) is 5.65. The number of fused-ring (bicyclic) bond motifs is 2. The van der Waals surface area contributed by atoms with E-state index in [0.29, 0.717) is 22.7 Å². The molecular formula is C32H39N3O7. The Hall–Kier alpha value is -3.31. The zero-order valence-electron chi connectivity index (χ0n) is 24.7. The number of carbonyl (C=O) groups excluding carboxylic acids is 2. The average Bonchev–Trinajstić information content (AvgIpc) is 3.17. The lowest BCUT2D eigenvalue weighted by Gasteiger charge is -2.59. The van der Waals surface area contributed by atoms with Crippen molar-refractivity contribution in [3.63, 3.8) is 0 Å². The van der Waals surface area contributed by atoms with Crippen molar-refractivity contribution in [1.82, 2.24) is 5.43 Å². The van der Waals surface area contributed by atoms with Crippen LogP contribution in [0.2, 0.25) is 0 Å². The molecule has 10 heteroatoms. The number of aryl methyl sites for hydroxylation is 2. The van der Waals surface area contributed by atoms with Gasteiger partial charge in [-0.15, -0.1) is 0 Å². The highest BCUT2D eigenvalue weighted by molar-refractivity contribution is 5.92. The Bertz CT molecular complexity index is 1360. The maximum absolute atomic E-state index is 13.2. The number of anilines is 1. The normalized spacial score (nSPS) is 35.3. The zero-order chi connectivity index (χ0) is 29.6. The van der Waals surface area contributed by atoms with Gasteiger partial charge in [-0.25, -0.2) is 24.8 Å². The lowest BCUT2D eigenvalue weighted by atomic mass is 9.58. The van der Waals surface area contributed by atoms with Crippen LogP contribution in [0.15, 0.2) is 47.6 Å². The molecular weight excluding hydrogens is 538 g/mol. The molecule has 5 fully saturated rings. The molecule has 2 aromatic rings. The third-order valence-electron chi connectivity index (χ3n) is 9.33. The largest absolute Gasteiger partial charge is 0.432 e. The third kappa shape index (κ3) is 5.32. The monoisotopic (exact) mass is 577 g/mol. The number of benzene rings is 2. The molecule has 1 saturated carbocycles. The Morgan fingerprint density at radius 1 is 1.00 bits per heavy atom. The zero-order valence-corrected chi connectivity index (χ0v) is 24.7. The van der Waals surface area contributed by atoms with Crippen LogP contribution in [0.1, 0.15) is 73.5 Å². The summed E-state index contributed by atoms with van der Waals surface area (Å²) in [7, 11) is 0. The van der Waals surface area contributed by atoms with Crippen LogP contribution in [0.4, 0.5) is 10.5 Å². The van der Waals surface area contributed by atoms with Gasteiger partial charge in [0.1, 0.15) is 0 Å². The maximum Gasteiger partial charge on any atom is 0.340 e. The molecule has 7 rings (SSSR count). The maximum atomic E-state index is 13.2. The number of hydrazone groups is 1. The predicted octanol–water partition coefficient (Wildman–Crippen LogP) is 5.82. The van der Waals surface area contributed by atoms with Gasteiger partial charge in [-0.2, -0.15) is 5.10 Å². The first kappa shape index (κ1) is 28.8. The van der Waals surface area contributed by atoms with E-state index in [-0.39, 0.29) is 17.8 Å². The molecule has 0 radical (unpaired) electrons. The van der Waals surface area contributed by atoms with E-state index in [0.717, 1.165) is 36.8 Å². The Kier molecular flexibility index (Phi) is 7.59. The minimum atomic E-state index is -0.890. The molecule has 2 bridgehead atoms. The van der Waals surface area contributed by atoms with Gasteiger partial charge in [-0.3, -0.25) is 0 Å². The van der Waals surface area contributed by atoms with E-state index < -0.39 is 36.0 Å². The summed E-state index contributed by atoms with van der Waals surface area (Å²) >= 11 is 0. The number of nitrogens with one attached hydrogen (secondary N) is 2. The van der Waals surface area contributed by atoms with E-state index in [2.05, 4.69) is 22.8 Å². The van der Waals surface area contributed by atoms with Crippen LogP contribution in [0.3, 0.4) is 0 Å². The summed E-state index contributed by atoms with van der Waals surface area (Å²) in [6, 6.07) is 12.1. The Morgan fingerprint density at radius 3 is 2.48 bits per heavy atom. The van der Waals surface area contributed by atoms with Crippen LogP contribution in [0, 0.1) is 37.5 Å². The smallest absolute Gasteiger partial charge is 0.340 e. The molecule has 1 spiro atoms. The number of nitrogens with zero attached hydrogens (tertiary/aromatic N) is 1. The molecule has 5 aliphatic rings. The number of esters is 1. The minimum absolute atomic E-state index is 0.0659. The molecule has 1 aliphatic carbocycles. The molecule has 2 amide bonds. The average molecular weight is 578 g/mol. The van der Waals surface area contributed by atoms with Crippen molar-refractivity contribution in [3.05, 3.63) is 64.7 Å². The van der Waals surface area contributed by atoms with Crippen molar-refractivity contribution in [1.29, 1.82) is 0 Å². The molecule has 42 heavy (non-hydrogen) atoms. The van der Waals surface area contributed by atoms with Gasteiger partial charge in [0.15, 0.2) is 11.9 Å². The van der Waals surface area contributed by atoms with Crippen LogP contribution in [-0.4, -0.2) is 42.2 Å². The Morgan fingerprint density at radius 2 is 1.74 bits per heavy atom. The molecule has 0 unspecified atom stereocenters. The molecule has 10 nitrogen and oxygen atoms in total. The van der Waals surface area contributed by atoms with Gasteiger partial charge in [0, 0.05) is 23.9 Å². The number of urea groups is 1. The summed E-state index contributed by atoms with van der Waals surface area (Å²) in [5, 5.41) is 6.77. The number of ether oxygens (including phenoxy) is 3. The van der Waals surface area contributed by atoms with Crippen molar-refractivity contribution < 1.29 is 33.6 Å². The topological polar surface area (TPSA) is 117 Å². The Balaban J connectivity index is 1.08. The van der Waals surface area contributed by atoms with Gasteiger partial charge >= 0.3 is 12.0 Å². The number of hydrogen-bond acceptors (Lipinski definition) is 8. The van der Waals surface area contributed by atoms with Crippen LogP contribution >= 0.6 is 0 Å². The summed E-state index contributed by atoms with van der Waals surface area (Å²) in [5.74, 6) is -0.723. The van der Waals surface area contributed by atoms with Gasteiger partial charge in [-0.1, -0.05) is 32.0 Å². The quantitative estimate of drug-likeness (QED) is 0.199. The molecule has 2 N–H and O–H groups in total. The van der Waals surface area contributed by atoms with Gasteiger partial charge in [-0.05, 0) is 92.8 Å². The standard InChI is InChI=1S/C32H39N3O7/c1-18-14-19(2)16-24(15-18)34-30(37)35-33-17-22-7-9-23(10-8-22)27(36)38-28-21(4)26-11-6-20(3)25-12-13-31(5)40-29(39-28)32(25,26)42-41-31/h7-10,14-17,20-21,25-26,28-29H,6,11-13H2,1-5H3,(H2,34,35,37)/b33-17+/t20-,21-,25+,26+,28-,29-,31-,32-/m1/s1. The first-order chi connectivity index (χ1) is 20.1. The number of amides is 2. The van der Waals surface area contributed by atoms with E-state index in [1.807, 2.05) is 45.9 Å². The number of carbonyl (C=O) groups is 2. The lowest BCUT2D eigenvalue weighted by molar-refractivity contribution is -0.576. The van der Waals surface area contributed by atoms with Crippen molar-refractivity contribution in [2.75, 3.05) is 5.32 Å². The van der Waals surface area contributed by atoms with Gasteiger partial charge < -0.3 is 19.5 Å². The molecule has 8 atom stereocenters. The summed E-state index contributed by atoms with van der Waals surface area (Å²) in [4.78, 5) is 37.4. The van der Waals surface area contributed by atoms with Gasteiger partial charge in [0.2, 0.25) is 12.1 Å². The lowest BCUT2D eigenvalue weighted by Crippen LogP contribution is -2.70. The van der Waals surface area contributed by atoms with E-state index in [1.54, 1.807) is 24.3 Å². The van der Waals surface area contributed by atoms with E-state index in [1.165, 1.54) is 6.21 Å². The predicted molar refractivity (Wildman–Crippen MR) is 154 cm³/mol. The first-order valence-electron chi connectivity index (χ1n) is 14.8. The van der Waals surface area contributed by atoms with Crippen LogP contribution in [0.25, 0.3) is 0 Å².